The van der Waals surface area contributed by atoms with E-state index in [2.05, 4.69) is 17.0 Å². The molecule has 4 fully saturated rings. The van der Waals surface area contributed by atoms with E-state index < -0.39 is 40.9 Å². The van der Waals surface area contributed by atoms with Crippen molar-refractivity contribution < 1.29 is 28.7 Å². The second-order valence-corrected chi connectivity index (χ2v) is 15.5. The van der Waals surface area contributed by atoms with Gasteiger partial charge in [-0.3, -0.25) is 29.0 Å². The van der Waals surface area contributed by atoms with E-state index in [1.807, 2.05) is 54.6 Å². The maximum absolute atomic E-state index is 15.3. The number of aliphatic hydroxyl groups excluding tert-OH is 1. The molecule has 0 bridgehead atoms. The van der Waals surface area contributed by atoms with Gasteiger partial charge in [-0.2, -0.15) is 0 Å². The molecule has 1 N–H and O–H groups in total. The molecule has 9 nitrogen and oxygen atoms in total. The van der Waals surface area contributed by atoms with Gasteiger partial charge >= 0.3 is 0 Å². The number of nitrogens with zero attached hydrogens (tertiary/aromatic N) is 3. The fraction of sp³-hybridized carbons (Fsp3) is 0.349. The second-order valence-electron chi connectivity index (χ2n) is 15.1. The number of rotatable bonds is 7. The highest BCUT2D eigenvalue weighted by molar-refractivity contribution is 6.32. The molecule has 6 atom stereocenters. The molecule has 53 heavy (non-hydrogen) atoms. The summed E-state index contributed by atoms with van der Waals surface area (Å²) in [6.45, 7) is 2.05. The number of furan rings is 1. The van der Waals surface area contributed by atoms with E-state index in [9.17, 15) is 19.5 Å². The first-order valence-corrected chi connectivity index (χ1v) is 18.9. The number of hydrogen-bond donors (Lipinski definition) is 1. The average Bonchev–Trinajstić information content (AvgIpc) is 3.83. The van der Waals surface area contributed by atoms with Crippen LogP contribution in [0.15, 0.2) is 113 Å². The van der Waals surface area contributed by atoms with E-state index in [1.165, 1.54) is 10.5 Å². The number of hydrogen-bond acceptors (Lipinski definition) is 7. The molecule has 2 aliphatic carbocycles. The van der Waals surface area contributed by atoms with Gasteiger partial charge in [-0.1, -0.05) is 90.0 Å². The fourth-order valence-electron chi connectivity index (χ4n) is 10.2. The molecular formula is C43H40ClN3O6. The van der Waals surface area contributed by atoms with Crippen LogP contribution in [0.3, 0.4) is 0 Å². The minimum absolute atomic E-state index is 0.136. The fourth-order valence-corrected chi connectivity index (χ4v) is 10.4. The molecule has 4 aromatic rings. The van der Waals surface area contributed by atoms with Gasteiger partial charge < -0.3 is 9.52 Å². The van der Waals surface area contributed by atoms with Crippen molar-refractivity contribution in [2.24, 2.45) is 23.7 Å². The summed E-state index contributed by atoms with van der Waals surface area (Å²) in [6.07, 6.45) is 4.01. The number of likely N-dealkylation sites (tertiary alicyclic amines) is 2. The molecule has 5 aliphatic rings. The molecule has 0 unspecified atom stereocenters. The van der Waals surface area contributed by atoms with Crippen LogP contribution < -0.4 is 4.90 Å². The van der Waals surface area contributed by atoms with Crippen LogP contribution in [-0.2, 0) is 37.7 Å². The Morgan fingerprint density at radius 3 is 2.25 bits per heavy atom. The number of carbonyl (C=O) groups excluding carboxylic acids is 4. The summed E-state index contributed by atoms with van der Waals surface area (Å²) in [4.78, 5) is 64.3. The third-order valence-electron chi connectivity index (χ3n) is 12.5. The van der Waals surface area contributed by atoms with Crippen LogP contribution in [0.5, 0.6) is 0 Å². The minimum Gasteiger partial charge on any atom is -0.463 e. The summed E-state index contributed by atoms with van der Waals surface area (Å²) in [5.41, 5.74) is 1.69. The number of carbonyl (C=O) groups is 4. The topological polar surface area (TPSA) is 111 Å². The quantitative estimate of drug-likeness (QED) is 0.177. The molecule has 3 aromatic carbocycles. The number of piperidine rings is 1. The Morgan fingerprint density at radius 2 is 1.55 bits per heavy atom. The Hall–Kier alpha value is -4.83. The van der Waals surface area contributed by atoms with Gasteiger partial charge in [0.25, 0.3) is 0 Å². The zero-order valence-corrected chi connectivity index (χ0v) is 29.9. The molecule has 10 heteroatoms. The zero-order chi connectivity index (χ0) is 36.4. The number of imide groups is 2. The summed E-state index contributed by atoms with van der Waals surface area (Å²) in [5, 5.41) is 10.4. The smallest absolute Gasteiger partial charge is 0.246 e. The van der Waals surface area contributed by atoms with Gasteiger partial charge in [0.15, 0.2) is 0 Å². The summed E-state index contributed by atoms with van der Waals surface area (Å²) in [5.74, 6) is -3.63. The molecule has 4 heterocycles. The van der Waals surface area contributed by atoms with Gasteiger partial charge in [0.1, 0.15) is 23.5 Å². The molecule has 4 amide bonds. The molecule has 0 radical (unpaired) electrons. The maximum atomic E-state index is 15.3. The Balaban J connectivity index is 1.11. The maximum Gasteiger partial charge on any atom is 0.246 e. The van der Waals surface area contributed by atoms with Crippen molar-refractivity contribution in [3.05, 3.63) is 136 Å². The van der Waals surface area contributed by atoms with E-state index in [0.717, 1.165) is 25.2 Å². The molecule has 1 saturated carbocycles. The Kier molecular flexibility index (Phi) is 8.48. The lowest BCUT2D eigenvalue weighted by Crippen LogP contribution is -2.53. The van der Waals surface area contributed by atoms with Crippen molar-refractivity contribution >= 4 is 40.9 Å². The Labute approximate surface area is 312 Å². The summed E-state index contributed by atoms with van der Waals surface area (Å²) in [7, 11) is 0. The number of aliphatic hydroxyl groups is 1. The van der Waals surface area contributed by atoms with Crippen molar-refractivity contribution in [2.75, 3.05) is 18.0 Å². The number of amides is 4. The molecule has 3 aliphatic heterocycles. The van der Waals surface area contributed by atoms with Crippen LogP contribution in [0.4, 0.5) is 5.69 Å². The first-order valence-electron chi connectivity index (χ1n) is 18.5. The largest absolute Gasteiger partial charge is 0.463 e. The minimum atomic E-state index is -1.42. The highest BCUT2D eigenvalue weighted by Crippen LogP contribution is 2.64. The number of allylic oxidation sites excluding steroid dienone is 2. The normalized spacial score (nSPS) is 28.9. The molecule has 9 rings (SSSR count). The summed E-state index contributed by atoms with van der Waals surface area (Å²) < 4.78 is 6.29. The Bertz CT molecular complexity index is 2130. The van der Waals surface area contributed by atoms with Gasteiger partial charge in [-0.05, 0) is 73.1 Å². The first-order chi connectivity index (χ1) is 25.8. The number of halogens is 1. The summed E-state index contributed by atoms with van der Waals surface area (Å²) in [6, 6.07) is 29.6. The van der Waals surface area contributed by atoms with E-state index in [0.29, 0.717) is 47.1 Å². The second kappa shape index (κ2) is 13.2. The van der Waals surface area contributed by atoms with Gasteiger partial charge in [0.2, 0.25) is 23.6 Å². The van der Waals surface area contributed by atoms with Gasteiger partial charge in [0, 0.05) is 30.7 Å². The van der Waals surface area contributed by atoms with Gasteiger partial charge in [0.05, 0.1) is 29.4 Å². The number of anilines is 1. The van der Waals surface area contributed by atoms with E-state index in [1.54, 1.807) is 41.3 Å². The highest BCUT2D eigenvalue weighted by atomic mass is 35.5. The van der Waals surface area contributed by atoms with Crippen LogP contribution >= 0.6 is 11.6 Å². The van der Waals surface area contributed by atoms with E-state index in [-0.39, 0.29) is 36.8 Å². The van der Waals surface area contributed by atoms with E-state index >= 15 is 4.79 Å². The third kappa shape index (κ3) is 5.27. The molecular weight excluding hydrogens is 690 g/mol. The van der Waals surface area contributed by atoms with Crippen molar-refractivity contribution in [2.45, 2.75) is 56.2 Å². The van der Waals surface area contributed by atoms with Crippen LogP contribution in [0, 0.1) is 23.7 Å². The molecule has 270 valence electrons. The predicted octanol–water partition coefficient (Wildman–Crippen LogP) is 6.25. The lowest BCUT2D eigenvalue weighted by Gasteiger charge is -2.49. The molecule has 0 spiro atoms. The van der Waals surface area contributed by atoms with Crippen LogP contribution in [0.2, 0.25) is 5.02 Å². The van der Waals surface area contributed by atoms with Crippen LogP contribution in [0.25, 0.3) is 0 Å². The molecule has 1 aromatic heterocycles. The van der Waals surface area contributed by atoms with Crippen molar-refractivity contribution in [1.82, 2.24) is 9.80 Å². The highest BCUT2D eigenvalue weighted by Gasteiger charge is 2.71. The zero-order valence-electron chi connectivity index (χ0n) is 29.1. The van der Waals surface area contributed by atoms with E-state index in [4.69, 9.17) is 16.0 Å². The van der Waals surface area contributed by atoms with Crippen LogP contribution in [-0.4, -0.2) is 57.7 Å². The first kappa shape index (κ1) is 34.0. The lowest BCUT2D eigenvalue weighted by molar-refractivity contribution is -0.144. The number of fused-ring (bicyclic) bond motifs is 4. The standard InChI is InChI=1S/C43H40ClN3O6/c44-28-12-7-13-30(22-28)47-40(50)35-23-34-32(38(36-17-14-31(25-48)53-36)43(35,42(47)52)27-10-5-2-6-11-27)15-16-33-37(34)41(51)46(39(33)49)29-18-20-45(21-19-29)24-26-8-3-1-4-9-26/h1-15,17,22,29,33-35,37-38,48H,16,18-21,23-25H2/t33-,34+,35-,37-,38+,43+/m0/s1. The van der Waals surface area contributed by atoms with Crippen molar-refractivity contribution in [3.63, 3.8) is 0 Å². The SMILES string of the molecule is O=C1[C@@H]2C[C@@H]3C(=CC[C@@H]4C(=O)N(C5CCN(Cc6ccccc6)CC5)C(=O)[C@@H]43)[C@H](c3ccc(CO)o3)[C@]2(c2ccccc2)C(=O)N1c1cccc(Cl)c1. The van der Waals surface area contributed by atoms with Crippen LogP contribution in [0.1, 0.15) is 54.2 Å². The van der Waals surface area contributed by atoms with Gasteiger partial charge in [-0.25, -0.2) is 4.90 Å². The van der Waals surface area contributed by atoms with Crippen molar-refractivity contribution in [3.8, 4) is 0 Å². The summed E-state index contributed by atoms with van der Waals surface area (Å²) >= 11 is 6.40. The van der Waals surface area contributed by atoms with Gasteiger partial charge in [-0.15, -0.1) is 0 Å². The lowest BCUT2D eigenvalue weighted by atomic mass is 9.50. The number of benzene rings is 3. The average molecular weight is 730 g/mol. The van der Waals surface area contributed by atoms with Crippen molar-refractivity contribution in [1.29, 1.82) is 0 Å². The Morgan fingerprint density at radius 1 is 0.811 bits per heavy atom. The monoisotopic (exact) mass is 729 g/mol. The predicted molar refractivity (Wildman–Crippen MR) is 197 cm³/mol. The molecule has 3 saturated heterocycles. The third-order valence-corrected chi connectivity index (χ3v) is 12.7.